The molecule has 1 spiro atoms. The predicted octanol–water partition coefficient (Wildman–Crippen LogP) is 1.46. The van der Waals surface area contributed by atoms with Crippen molar-refractivity contribution in [2.75, 3.05) is 6.61 Å². The van der Waals surface area contributed by atoms with E-state index in [1.54, 1.807) is 6.92 Å². The van der Waals surface area contributed by atoms with Crippen LogP contribution in [-0.4, -0.2) is 47.9 Å². The fraction of sp³-hybridized carbons (Fsp3) is 0.842. The minimum atomic E-state index is -0.838. The maximum absolute atomic E-state index is 12.6. The molecule has 0 bridgehead atoms. The Labute approximate surface area is 153 Å². The maximum atomic E-state index is 12.6. The van der Waals surface area contributed by atoms with Crippen LogP contribution in [0.15, 0.2) is 0 Å². The molecule has 3 rings (SSSR count). The van der Waals surface area contributed by atoms with Crippen molar-refractivity contribution in [2.24, 2.45) is 28.6 Å². The summed E-state index contributed by atoms with van der Waals surface area (Å²) in [6, 6.07) is 0. The van der Waals surface area contributed by atoms with E-state index in [0.29, 0.717) is 12.8 Å². The van der Waals surface area contributed by atoms with Gasteiger partial charge in [0.25, 0.3) is 0 Å². The van der Waals surface area contributed by atoms with Crippen molar-refractivity contribution in [2.45, 2.75) is 65.8 Å². The van der Waals surface area contributed by atoms with E-state index in [0.717, 1.165) is 0 Å². The van der Waals surface area contributed by atoms with Gasteiger partial charge in [0.15, 0.2) is 0 Å². The van der Waals surface area contributed by atoms with Crippen LogP contribution in [0.1, 0.15) is 47.5 Å². The lowest BCUT2D eigenvalue weighted by Gasteiger charge is -2.61. The highest BCUT2D eigenvalue weighted by molar-refractivity contribution is 5.77. The molecule has 0 amide bonds. The molecule has 5 unspecified atom stereocenters. The van der Waals surface area contributed by atoms with Crippen molar-refractivity contribution in [3.8, 4) is 0 Å². The molecule has 0 radical (unpaired) electrons. The topological polar surface area (TPSA) is 99.1 Å². The van der Waals surface area contributed by atoms with E-state index >= 15 is 0 Å². The SMILES string of the molecule is CC(=O)O[C@@H]1C2C(C)(C)CCC(O)C23COC(=O)C3C(C)[C@@H]1OC(C)=O. The van der Waals surface area contributed by atoms with Gasteiger partial charge in [0.1, 0.15) is 18.8 Å². The Bertz CT molecular complexity index is 627. The van der Waals surface area contributed by atoms with Crippen LogP contribution in [0.5, 0.6) is 0 Å². The lowest BCUT2D eigenvalue weighted by Crippen LogP contribution is -2.69. The number of aliphatic hydroxyl groups is 1. The van der Waals surface area contributed by atoms with E-state index in [4.69, 9.17) is 14.2 Å². The fourth-order valence-corrected chi connectivity index (χ4v) is 5.88. The van der Waals surface area contributed by atoms with Gasteiger partial charge in [-0.25, -0.2) is 0 Å². The first kappa shape index (κ1) is 19.1. The molecule has 2 aliphatic carbocycles. The van der Waals surface area contributed by atoms with Crippen LogP contribution >= 0.6 is 0 Å². The number of esters is 3. The fourth-order valence-electron chi connectivity index (χ4n) is 5.88. The standard InChI is InChI=1S/C19H28O7/c1-9-13-17(23)24-8-19(13)12(22)6-7-18(4,5)16(19)15(26-11(3)21)14(9)25-10(2)20/h9,12-16,22H,6-8H2,1-5H3/t9?,12?,13?,14-,15-,16?,19?/m0/s1. The smallest absolute Gasteiger partial charge is 0.310 e. The molecular formula is C19H28O7. The Kier molecular flexibility index (Phi) is 4.58. The van der Waals surface area contributed by atoms with E-state index in [1.807, 2.05) is 13.8 Å². The zero-order valence-electron chi connectivity index (χ0n) is 16.0. The van der Waals surface area contributed by atoms with Gasteiger partial charge in [0, 0.05) is 25.7 Å². The van der Waals surface area contributed by atoms with Crippen molar-refractivity contribution in [1.29, 1.82) is 0 Å². The molecule has 146 valence electrons. The van der Waals surface area contributed by atoms with E-state index in [9.17, 15) is 19.5 Å². The van der Waals surface area contributed by atoms with Gasteiger partial charge in [-0.1, -0.05) is 20.8 Å². The van der Waals surface area contributed by atoms with Crippen LogP contribution in [-0.2, 0) is 28.6 Å². The third-order valence-corrected chi connectivity index (χ3v) is 6.70. The summed E-state index contributed by atoms with van der Waals surface area (Å²) in [5, 5.41) is 11.0. The molecule has 0 aromatic heterocycles. The summed E-state index contributed by atoms with van der Waals surface area (Å²) < 4.78 is 16.6. The largest absolute Gasteiger partial charge is 0.465 e. The zero-order chi connectivity index (χ0) is 19.4. The van der Waals surface area contributed by atoms with Crippen LogP contribution < -0.4 is 0 Å². The van der Waals surface area contributed by atoms with Crippen molar-refractivity contribution in [1.82, 2.24) is 0 Å². The van der Waals surface area contributed by atoms with Gasteiger partial charge in [-0.15, -0.1) is 0 Å². The van der Waals surface area contributed by atoms with Crippen LogP contribution in [0.2, 0.25) is 0 Å². The summed E-state index contributed by atoms with van der Waals surface area (Å²) in [4.78, 5) is 36.2. The van der Waals surface area contributed by atoms with E-state index < -0.39 is 47.5 Å². The predicted molar refractivity (Wildman–Crippen MR) is 89.7 cm³/mol. The summed E-state index contributed by atoms with van der Waals surface area (Å²) in [5.41, 5.74) is -1.17. The van der Waals surface area contributed by atoms with Gasteiger partial charge >= 0.3 is 17.9 Å². The Morgan fingerprint density at radius 2 is 1.73 bits per heavy atom. The summed E-state index contributed by atoms with van der Waals surface area (Å²) >= 11 is 0. The molecule has 0 aromatic carbocycles. The molecule has 0 aromatic rings. The highest BCUT2D eigenvalue weighted by atomic mass is 16.6. The lowest BCUT2D eigenvalue weighted by molar-refractivity contribution is -0.247. The quantitative estimate of drug-likeness (QED) is 0.582. The number of carbonyl (C=O) groups excluding carboxylic acids is 3. The molecule has 3 aliphatic rings. The number of ether oxygens (including phenoxy) is 3. The molecular weight excluding hydrogens is 340 g/mol. The van der Waals surface area contributed by atoms with Gasteiger partial charge < -0.3 is 19.3 Å². The highest BCUT2D eigenvalue weighted by Crippen LogP contribution is 2.64. The van der Waals surface area contributed by atoms with Crippen molar-refractivity contribution in [3.63, 3.8) is 0 Å². The van der Waals surface area contributed by atoms with Crippen molar-refractivity contribution < 1.29 is 33.7 Å². The van der Waals surface area contributed by atoms with Crippen LogP contribution in [0.3, 0.4) is 0 Å². The van der Waals surface area contributed by atoms with Crippen LogP contribution in [0.4, 0.5) is 0 Å². The number of carbonyl (C=O) groups is 3. The second-order valence-electron chi connectivity index (χ2n) is 8.73. The summed E-state index contributed by atoms with van der Waals surface area (Å²) in [7, 11) is 0. The van der Waals surface area contributed by atoms with Gasteiger partial charge in [0.2, 0.25) is 0 Å². The number of cyclic esters (lactones) is 1. The number of rotatable bonds is 2. The van der Waals surface area contributed by atoms with E-state index in [1.165, 1.54) is 13.8 Å². The molecule has 26 heavy (non-hydrogen) atoms. The molecule has 7 nitrogen and oxygen atoms in total. The molecule has 1 saturated heterocycles. The normalized spacial score (nSPS) is 43.7. The number of aliphatic hydroxyl groups excluding tert-OH is 1. The van der Waals surface area contributed by atoms with Crippen LogP contribution in [0.25, 0.3) is 0 Å². The van der Waals surface area contributed by atoms with E-state index in [-0.39, 0.29) is 23.9 Å². The van der Waals surface area contributed by atoms with Crippen LogP contribution in [0, 0.1) is 28.6 Å². The van der Waals surface area contributed by atoms with Crippen molar-refractivity contribution in [3.05, 3.63) is 0 Å². The first-order chi connectivity index (χ1) is 12.0. The summed E-state index contributed by atoms with van der Waals surface area (Å²) in [5.74, 6) is -2.74. The Morgan fingerprint density at radius 1 is 1.15 bits per heavy atom. The highest BCUT2D eigenvalue weighted by Gasteiger charge is 2.72. The molecule has 1 aliphatic heterocycles. The minimum Gasteiger partial charge on any atom is -0.465 e. The Morgan fingerprint density at radius 3 is 2.31 bits per heavy atom. The molecule has 3 fully saturated rings. The number of hydrogen-bond donors (Lipinski definition) is 1. The van der Waals surface area contributed by atoms with Gasteiger partial charge in [-0.3, -0.25) is 14.4 Å². The second-order valence-corrected chi connectivity index (χ2v) is 8.73. The van der Waals surface area contributed by atoms with Gasteiger partial charge in [-0.2, -0.15) is 0 Å². The molecule has 2 saturated carbocycles. The third-order valence-electron chi connectivity index (χ3n) is 6.70. The lowest BCUT2D eigenvalue weighted by atomic mass is 9.44. The third kappa shape index (κ3) is 2.63. The van der Waals surface area contributed by atoms with E-state index in [2.05, 4.69) is 0 Å². The Hall–Kier alpha value is -1.63. The average Bonchev–Trinajstić information content (AvgIpc) is 2.85. The molecule has 1 heterocycles. The average molecular weight is 368 g/mol. The molecule has 1 N–H and O–H groups in total. The molecule has 7 atom stereocenters. The maximum Gasteiger partial charge on any atom is 0.310 e. The second kappa shape index (κ2) is 6.22. The van der Waals surface area contributed by atoms with Gasteiger partial charge in [-0.05, 0) is 18.3 Å². The number of hydrogen-bond acceptors (Lipinski definition) is 7. The summed E-state index contributed by atoms with van der Waals surface area (Å²) in [6.45, 7) is 8.60. The zero-order valence-corrected chi connectivity index (χ0v) is 16.0. The Balaban J connectivity index is 2.17. The van der Waals surface area contributed by atoms with Gasteiger partial charge in [0.05, 0.1) is 17.4 Å². The monoisotopic (exact) mass is 368 g/mol. The summed E-state index contributed by atoms with van der Waals surface area (Å²) in [6.07, 6.45) is -0.970. The first-order valence-corrected chi connectivity index (χ1v) is 9.21. The first-order valence-electron chi connectivity index (χ1n) is 9.21. The minimum absolute atomic E-state index is 0.0979. The molecule has 7 heteroatoms. The van der Waals surface area contributed by atoms with Crippen molar-refractivity contribution >= 4 is 17.9 Å².